The van der Waals surface area contributed by atoms with Crippen molar-refractivity contribution in [2.45, 2.75) is 23.1 Å². The number of pyridine rings is 1. The molecule has 20 heavy (non-hydrogen) atoms. The van der Waals surface area contributed by atoms with Crippen LogP contribution in [0.15, 0.2) is 41.4 Å². The third kappa shape index (κ3) is 3.19. The van der Waals surface area contributed by atoms with E-state index in [1.54, 1.807) is 37.5 Å². The Balaban J connectivity index is 2.41. The topological polar surface area (TPSA) is 50.3 Å². The molecule has 0 amide bonds. The molecule has 1 aromatic carbocycles. The summed E-state index contributed by atoms with van der Waals surface area (Å²) in [5.41, 5.74) is 0.691. The van der Waals surface area contributed by atoms with Crippen molar-refractivity contribution < 1.29 is 8.42 Å². The van der Waals surface area contributed by atoms with Gasteiger partial charge in [-0.05, 0) is 30.7 Å². The molecule has 0 radical (unpaired) electrons. The zero-order valence-electron chi connectivity index (χ0n) is 11.5. The van der Waals surface area contributed by atoms with Gasteiger partial charge in [-0.1, -0.05) is 28.9 Å². The zero-order chi connectivity index (χ0) is 14.8. The van der Waals surface area contributed by atoms with Gasteiger partial charge in [-0.25, -0.2) is 12.7 Å². The molecule has 0 saturated heterocycles. The molecule has 0 aliphatic rings. The Labute approximate surface area is 128 Å². The monoisotopic (exact) mass is 356 g/mol. The fourth-order valence-corrected chi connectivity index (χ4v) is 3.54. The number of hydrogen-bond acceptors (Lipinski definition) is 3. The van der Waals surface area contributed by atoms with Gasteiger partial charge < -0.3 is 0 Å². The minimum atomic E-state index is -3.49. The molecule has 0 spiro atoms. The Morgan fingerprint density at radius 3 is 2.75 bits per heavy atom. The zero-order valence-corrected chi connectivity index (χ0v) is 13.9. The smallest absolute Gasteiger partial charge is 0.243 e. The van der Waals surface area contributed by atoms with Gasteiger partial charge in [0, 0.05) is 30.0 Å². The van der Waals surface area contributed by atoms with Crippen molar-refractivity contribution >= 4 is 36.9 Å². The van der Waals surface area contributed by atoms with Crippen molar-refractivity contribution in [3.8, 4) is 0 Å². The third-order valence-corrected chi connectivity index (χ3v) is 5.51. The van der Waals surface area contributed by atoms with Crippen LogP contribution >= 0.6 is 15.9 Å². The number of halogens is 1. The van der Waals surface area contributed by atoms with E-state index in [0.29, 0.717) is 22.3 Å². The van der Waals surface area contributed by atoms with Crippen LogP contribution in [0.25, 0.3) is 10.9 Å². The van der Waals surface area contributed by atoms with Crippen molar-refractivity contribution in [2.75, 3.05) is 13.6 Å². The van der Waals surface area contributed by atoms with Gasteiger partial charge in [0.25, 0.3) is 0 Å². The number of aromatic nitrogens is 1. The van der Waals surface area contributed by atoms with E-state index in [1.807, 2.05) is 13.0 Å². The normalized spacial score (nSPS) is 13.8. The first-order chi connectivity index (χ1) is 9.43. The van der Waals surface area contributed by atoms with Gasteiger partial charge in [-0.3, -0.25) is 4.98 Å². The molecule has 1 unspecified atom stereocenters. The van der Waals surface area contributed by atoms with Crippen molar-refractivity contribution in [3.63, 3.8) is 0 Å². The van der Waals surface area contributed by atoms with Gasteiger partial charge in [0.2, 0.25) is 10.0 Å². The van der Waals surface area contributed by atoms with Gasteiger partial charge in [0.05, 0.1) is 10.4 Å². The van der Waals surface area contributed by atoms with Crippen LogP contribution in [0.1, 0.15) is 13.3 Å². The number of alkyl halides is 1. The highest BCUT2D eigenvalue weighted by atomic mass is 79.9. The Bertz CT molecular complexity index is 696. The van der Waals surface area contributed by atoms with Crippen LogP contribution in [0, 0.1) is 0 Å². The van der Waals surface area contributed by atoms with E-state index < -0.39 is 10.0 Å². The molecule has 0 N–H and O–H groups in total. The lowest BCUT2D eigenvalue weighted by atomic mass is 10.2. The summed E-state index contributed by atoms with van der Waals surface area (Å²) in [7, 11) is -1.88. The largest absolute Gasteiger partial charge is 0.256 e. The quantitative estimate of drug-likeness (QED) is 0.773. The van der Waals surface area contributed by atoms with Gasteiger partial charge in [0.1, 0.15) is 0 Å². The highest BCUT2D eigenvalue weighted by Gasteiger charge is 2.23. The Morgan fingerprint density at radius 1 is 1.30 bits per heavy atom. The van der Waals surface area contributed by atoms with E-state index in [4.69, 9.17) is 0 Å². The van der Waals surface area contributed by atoms with Crippen LogP contribution in [0.5, 0.6) is 0 Å². The van der Waals surface area contributed by atoms with Gasteiger partial charge in [-0.15, -0.1) is 0 Å². The highest BCUT2D eigenvalue weighted by Crippen LogP contribution is 2.24. The van der Waals surface area contributed by atoms with Crippen LogP contribution in [-0.4, -0.2) is 36.1 Å². The average Bonchev–Trinajstić information content (AvgIpc) is 2.43. The molecule has 2 aromatic rings. The van der Waals surface area contributed by atoms with E-state index in [1.165, 1.54) is 4.31 Å². The summed E-state index contributed by atoms with van der Waals surface area (Å²) in [5.74, 6) is 0. The number of sulfonamides is 1. The summed E-state index contributed by atoms with van der Waals surface area (Å²) in [6, 6.07) is 8.71. The second-order valence-electron chi connectivity index (χ2n) is 4.72. The molecule has 0 fully saturated rings. The van der Waals surface area contributed by atoms with Crippen molar-refractivity contribution in [3.05, 3.63) is 36.5 Å². The molecule has 6 heteroatoms. The standard InChI is InChI=1S/C14H17BrN2O2S/c1-11(15)8-10-17(2)20(18,19)14-7-3-6-13-12(14)5-4-9-16-13/h3-7,9,11H,8,10H2,1-2H3. The summed E-state index contributed by atoms with van der Waals surface area (Å²) in [5, 5.41) is 0.661. The Kier molecular flexibility index (Phi) is 4.78. The maximum Gasteiger partial charge on any atom is 0.243 e. The molecule has 0 aliphatic carbocycles. The summed E-state index contributed by atoms with van der Waals surface area (Å²) in [6.45, 7) is 2.48. The van der Waals surface area contributed by atoms with Crippen molar-refractivity contribution in [2.24, 2.45) is 0 Å². The average molecular weight is 357 g/mol. The van der Waals surface area contributed by atoms with Crippen molar-refractivity contribution in [1.29, 1.82) is 0 Å². The van der Waals surface area contributed by atoms with Gasteiger partial charge in [0.15, 0.2) is 0 Å². The summed E-state index contributed by atoms with van der Waals surface area (Å²) in [4.78, 5) is 4.80. The highest BCUT2D eigenvalue weighted by molar-refractivity contribution is 9.09. The second-order valence-corrected chi connectivity index (χ2v) is 8.30. The molecular formula is C14H17BrN2O2S. The minimum Gasteiger partial charge on any atom is -0.256 e. The van der Waals surface area contributed by atoms with E-state index in [2.05, 4.69) is 20.9 Å². The van der Waals surface area contributed by atoms with Crippen molar-refractivity contribution in [1.82, 2.24) is 9.29 Å². The number of fused-ring (bicyclic) bond motifs is 1. The second kappa shape index (κ2) is 6.20. The lowest BCUT2D eigenvalue weighted by Crippen LogP contribution is -2.29. The lowest BCUT2D eigenvalue weighted by Gasteiger charge is -2.18. The summed E-state index contributed by atoms with van der Waals surface area (Å²) < 4.78 is 26.7. The molecule has 1 atom stereocenters. The molecule has 1 heterocycles. The number of nitrogens with zero attached hydrogens (tertiary/aromatic N) is 2. The van der Waals surface area contributed by atoms with Crippen LogP contribution in [0.4, 0.5) is 0 Å². The first-order valence-electron chi connectivity index (χ1n) is 6.37. The SMILES string of the molecule is CC(Br)CCN(C)S(=O)(=O)c1cccc2ncccc12. The molecule has 2 rings (SSSR count). The number of rotatable bonds is 5. The van der Waals surface area contributed by atoms with Crippen LogP contribution in [0.2, 0.25) is 0 Å². The Hall–Kier alpha value is -0.980. The van der Waals surface area contributed by atoms with Crippen LogP contribution < -0.4 is 0 Å². The van der Waals surface area contributed by atoms with E-state index >= 15 is 0 Å². The molecule has 1 aromatic heterocycles. The van der Waals surface area contributed by atoms with Crippen LogP contribution in [-0.2, 0) is 10.0 Å². The Morgan fingerprint density at radius 2 is 2.05 bits per heavy atom. The fourth-order valence-electron chi connectivity index (χ4n) is 1.95. The lowest BCUT2D eigenvalue weighted by molar-refractivity contribution is 0.463. The molecular weight excluding hydrogens is 340 g/mol. The third-order valence-electron chi connectivity index (χ3n) is 3.14. The van der Waals surface area contributed by atoms with Gasteiger partial charge in [-0.2, -0.15) is 0 Å². The first kappa shape index (κ1) is 15.4. The predicted octanol–water partition coefficient (Wildman–Crippen LogP) is 3.03. The molecule has 4 nitrogen and oxygen atoms in total. The van der Waals surface area contributed by atoms with E-state index in [-0.39, 0.29) is 4.83 Å². The predicted molar refractivity (Wildman–Crippen MR) is 84.6 cm³/mol. The van der Waals surface area contributed by atoms with Gasteiger partial charge >= 0.3 is 0 Å². The summed E-state index contributed by atoms with van der Waals surface area (Å²) in [6.07, 6.45) is 2.42. The number of benzene rings is 1. The summed E-state index contributed by atoms with van der Waals surface area (Å²) >= 11 is 3.43. The maximum absolute atomic E-state index is 12.6. The van der Waals surface area contributed by atoms with E-state index in [9.17, 15) is 8.42 Å². The molecule has 108 valence electrons. The fraction of sp³-hybridized carbons (Fsp3) is 0.357. The molecule has 0 aliphatic heterocycles. The molecule has 0 bridgehead atoms. The van der Waals surface area contributed by atoms with Crippen LogP contribution in [0.3, 0.4) is 0 Å². The first-order valence-corrected chi connectivity index (χ1v) is 8.72. The number of hydrogen-bond donors (Lipinski definition) is 0. The molecule has 0 saturated carbocycles. The maximum atomic E-state index is 12.6. The van der Waals surface area contributed by atoms with E-state index in [0.717, 1.165) is 6.42 Å². The minimum absolute atomic E-state index is 0.286.